The third-order valence-corrected chi connectivity index (χ3v) is 3.51. The smallest absolute Gasteiger partial charge is 0.256 e. The Balaban J connectivity index is 2.23. The second-order valence-electron chi connectivity index (χ2n) is 3.93. The van der Waals surface area contributed by atoms with E-state index in [0.29, 0.717) is 20.7 Å². The van der Waals surface area contributed by atoms with Crippen molar-refractivity contribution in [2.75, 3.05) is 12.4 Å². The molecular weight excluding hydrogens is 349 g/mol. The Morgan fingerprint density at radius 2 is 2.05 bits per heavy atom. The summed E-state index contributed by atoms with van der Waals surface area (Å²) in [6, 6.07) is 9.05. The molecule has 2 aromatic carbocycles. The second-order valence-corrected chi connectivity index (χ2v) is 5.22. The van der Waals surface area contributed by atoms with Crippen LogP contribution < -0.4 is 10.1 Å². The van der Waals surface area contributed by atoms with Crippen LogP contribution in [0, 0.1) is 5.82 Å². The third-order valence-electron chi connectivity index (χ3n) is 2.58. The highest BCUT2D eigenvalue weighted by Crippen LogP contribution is 2.24. The van der Waals surface area contributed by atoms with Crippen molar-refractivity contribution >= 4 is 39.1 Å². The average Bonchev–Trinajstić information content (AvgIpc) is 2.41. The van der Waals surface area contributed by atoms with E-state index in [1.54, 1.807) is 18.2 Å². The van der Waals surface area contributed by atoms with Gasteiger partial charge in [-0.05, 0) is 46.3 Å². The van der Waals surface area contributed by atoms with Gasteiger partial charge in [0.25, 0.3) is 5.91 Å². The van der Waals surface area contributed by atoms with Crippen molar-refractivity contribution in [3.8, 4) is 5.75 Å². The number of halogens is 3. The predicted molar refractivity (Wildman–Crippen MR) is 80.1 cm³/mol. The van der Waals surface area contributed by atoms with Crippen LogP contribution in [0.4, 0.5) is 10.1 Å². The lowest BCUT2D eigenvalue weighted by atomic mass is 10.2. The fourth-order valence-corrected chi connectivity index (χ4v) is 2.21. The van der Waals surface area contributed by atoms with E-state index in [9.17, 15) is 9.18 Å². The van der Waals surface area contributed by atoms with Gasteiger partial charge in [0, 0.05) is 21.2 Å². The van der Waals surface area contributed by atoms with Crippen molar-refractivity contribution < 1.29 is 13.9 Å². The van der Waals surface area contributed by atoms with Crippen LogP contribution in [0.3, 0.4) is 0 Å². The van der Waals surface area contributed by atoms with E-state index in [-0.39, 0.29) is 11.7 Å². The van der Waals surface area contributed by atoms with Crippen LogP contribution in [0.5, 0.6) is 5.75 Å². The Bertz CT molecular complexity index is 664. The summed E-state index contributed by atoms with van der Waals surface area (Å²) in [7, 11) is 1.37. The number of carbonyl (C=O) groups is 1. The van der Waals surface area contributed by atoms with Crippen LogP contribution in [0.2, 0.25) is 5.02 Å². The molecule has 104 valence electrons. The van der Waals surface area contributed by atoms with Gasteiger partial charge in [0.15, 0.2) is 11.6 Å². The van der Waals surface area contributed by atoms with Crippen molar-refractivity contribution in [1.82, 2.24) is 0 Å². The molecule has 0 spiro atoms. The average molecular weight is 359 g/mol. The van der Waals surface area contributed by atoms with Crippen LogP contribution >= 0.6 is 27.5 Å². The highest BCUT2D eigenvalue weighted by molar-refractivity contribution is 9.10. The van der Waals surface area contributed by atoms with Gasteiger partial charge in [0.2, 0.25) is 0 Å². The maximum absolute atomic E-state index is 13.5. The lowest BCUT2D eigenvalue weighted by molar-refractivity contribution is 0.102. The second kappa shape index (κ2) is 6.24. The standard InChI is InChI=1S/C14H10BrClFNO2/c1-20-13-5-3-9(7-12(13)17)18-14(19)10-6-8(16)2-4-11(10)15/h2-7H,1H3,(H,18,19). The fourth-order valence-electron chi connectivity index (χ4n) is 1.61. The van der Waals surface area contributed by atoms with Gasteiger partial charge in [0.05, 0.1) is 12.7 Å². The molecule has 0 aliphatic carbocycles. The molecule has 0 bridgehead atoms. The Morgan fingerprint density at radius 1 is 1.30 bits per heavy atom. The molecule has 3 nitrogen and oxygen atoms in total. The number of hydrogen-bond donors (Lipinski definition) is 1. The van der Waals surface area contributed by atoms with Crippen LogP contribution in [-0.4, -0.2) is 13.0 Å². The van der Waals surface area contributed by atoms with Gasteiger partial charge in [-0.15, -0.1) is 0 Å². The SMILES string of the molecule is COc1ccc(NC(=O)c2cc(Cl)ccc2Br)cc1F. The Kier molecular flexibility index (Phi) is 4.62. The van der Waals surface area contributed by atoms with E-state index in [1.165, 1.54) is 25.3 Å². The first-order valence-electron chi connectivity index (χ1n) is 5.61. The first kappa shape index (κ1) is 14.8. The minimum Gasteiger partial charge on any atom is -0.494 e. The number of anilines is 1. The highest BCUT2D eigenvalue weighted by atomic mass is 79.9. The van der Waals surface area contributed by atoms with Crippen molar-refractivity contribution in [2.45, 2.75) is 0 Å². The molecule has 2 aromatic rings. The van der Waals surface area contributed by atoms with Crippen molar-refractivity contribution in [2.24, 2.45) is 0 Å². The zero-order valence-corrected chi connectivity index (χ0v) is 12.8. The largest absolute Gasteiger partial charge is 0.494 e. The van der Waals surface area contributed by atoms with E-state index >= 15 is 0 Å². The molecular formula is C14H10BrClFNO2. The number of carbonyl (C=O) groups excluding carboxylic acids is 1. The van der Waals surface area contributed by atoms with Crippen LogP contribution in [0.15, 0.2) is 40.9 Å². The summed E-state index contributed by atoms with van der Waals surface area (Å²) in [5.74, 6) is -0.814. The molecule has 0 aromatic heterocycles. The molecule has 0 fully saturated rings. The summed E-state index contributed by atoms with van der Waals surface area (Å²) < 4.78 is 19.0. The molecule has 0 aliphatic rings. The van der Waals surface area contributed by atoms with Gasteiger partial charge >= 0.3 is 0 Å². The van der Waals surface area contributed by atoms with Gasteiger partial charge in [0.1, 0.15) is 0 Å². The number of nitrogens with one attached hydrogen (secondary N) is 1. The summed E-state index contributed by atoms with van der Waals surface area (Å²) in [6.07, 6.45) is 0. The van der Waals surface area contributed by atoms with E-state index < -0.39 is 5.82 Å². The lowest BCUT2D eigenvalue weighted by Crippen LogP contribution is -2.12. The van der Waals surface area contributed by atoms with Gasteiger partial charge < -0.3 is 10.1 Å². The topological polar surface area (TPSA) is 38.3 Å². The maximum atomic E-state index is 13.5. The molecule has 0 saturated heterocycles. The summed E-state index contributed by atoms with van der Waals surface area (Å²) in [5, 5.41) is 3.04. The minimum atomic E-state index is -0.546. The number of amides is 1. The van der Waals surface area contributed by atoms with Crippen molar-refractivity contribution in [1.29, 1.82) is 0 Å². The van der Waals surface area contributed by atoms with E-state index in [2.05, 4.69) is 21.2 Å². The van der Waals surface area contributed by atoms with Crippen LogP contribution in [0.25, 0.3) is 0 Å². The van der Waals surface area contributed by atoms with E-state index in [1.807, 2.05) is 0 Å². The monoisotopic (exact) mass is 357 g/mol. The fraction of sp³-hybridized carbons (Fsp3) is 0.0714. The summed E-state index contributed by atoms with van der Waals surface area (Å²) in [5.41, 5.74) is 0.703. The minimum absolute atomic E-state index is 0.118. The number of rotatable bonds is 3. The molecule has 1 N–H and O–H groups in total. The quantitative estimate of drug-likeness (QED) is 0.877. The first-order valence-corrected chi connectivity index (χ1v) is 6.78. The number of ether oxygens (including phenoxy) is 1. The Labute approximate surface area is 128 Å². The zero-order valence-electron chi connectivity index (χ0n) is 10.4. The van der Waals surface area contributed by atoms with Crippen LogP contribution in [-0.2, 0) is 0 Å². The molecule has 0 heterocycles. The van der Waals surface area contributed by atoms with Crippen molar-refractivity contribution in [3.05, 3.63) is 57.3 Å². The normalized spacial score (nSPS) is 10.2. The predicted octanol–water partition coefficient (Wildman–Crippen LogP) is 4.50. The summed E-state index contributed by atoms with van der Waals surface area (Å²) >= 11 is 9.12. The van der Waals surface area contributed by atoms with Gasteiger partial charge in [-0.1, -0.05) is 11.6 Å². The zero-order chi connectivity index (χ0) is 14.7. The number of benzene rings is 2. The Hall–Kier alpha value is -1.59. The van der Waals surface area contributed by atoms with Crippen LogP contribution in [0.1, 0.15) is 10.4 Å². The summed E-state index contributed by atoms with van der Waals surface area (Å²) in [6.45, 7) is 0. The maximum Gasteiger partial charge on any atom is 0.256 e. The molecule has 2 rings (SSSR count). The van der Waals surface area contributed by atoms with Gasteiger partial charge in [-0.3, -0.25) is 4.79 Å². The number of methoxy groups -OCH3 is 1. The molecule has 0 radical (unpaired) electrons. The van der Waals surface area contributed by atoms with E-state index in [0.717, 1.165) is 0 Å². The molecule has 20 heavy (non-hydrogen) atoms. The van der Waals surface area contributed by atoms with E-state index in [4.69, 9.17) is 16.3 Å². The molecule has 0 unspecified atom stereocenters. The first-order chi connectivity index (χ1) is 9.51. The van der Waals surface area contributed by atoms with Gasteiger partial charge in [-0.25, -0.2) is 4.39 Å². The molecule has 0 saturated carbocycles. The van der Waals surface area contributed by atoms with Gasteiger partial charge in [-0.2, -0.15) is 0 Å². The number of hydrogen-bond acceptors (Lipinski definition) is 2. The summed E-state index contributed by atoms with van der Waals surface area (Å²) in [4.78, 5) is 12.1. The molecule has 0 aliphatic heterocycles. The third kappa shape index (κ3) is 3.29. The van der Waals surface area contributed by atoms with Crippen molar-refractivity contribution in [3.63, 3.8) is 0 Å². The lowest BCUT2D eigenvalue weighted by Gasteiger charge is -2.09. The molecule has 6 heteroatoms. The Morgan fingerprint density at radius 3 is 2.70 bits per heavy atom. The molecule has 0 atom stereocenters. The molecule has 1 amide bonds. The highest BCUT2D eigenvalue weighted by Gasteiger charge is 2.12.